The summed E-state index contributed by atoms with van der Waals surface area (Å²) in [6, 6.07) is 10.3. The first kappa shape index (κ1) is 20.2. The van der Waals surface area contributed by atoms with Gasteiger partial charge in [0.15, 0.2) is 5.76 Å². The molecule has 7 nitrogen and oxygen atoms in total. The number of hydrogen-bond acceptors (Lipinski definition) is 4. The number of halogens is 1. The number of rotatable bonds is 5. The molecule has 156 valence electrons. The third-order valence-electron chi connectivity index (χ3n) is 5.42. The Kier molecular flexibility index (Phi) is 5.90. The highest BCUT2D eigenvalue weighted by molar-refractivity contribution is 6.30. The van der Waals surface area contributed by atoms with Gasteiger partial charge in [0, 0.05) is 37.6 Å². The van der Waals surface area contributed by atoms with E-state index in [0.717, 1.165) is 24.2 Å². The van der Waals surface area contributed by atoms with Crippen molar-refractivity contribution in [3.05, 3.63) is 77.2 Å². The van der Waals surface area contributed by atoms with E-state index in [2.05, 4.69) is 10.3 Å². The second-order valence-corrected chi connectivity index (χ2v) is 7.89. The molecule has 0 unspecified atom stereocenters. The normalized spacial score (nSPS) is 17.5. The largest absolute Gasteiger partial charge is 0.459 e. The van der Waals surface area contributed by atoms with Gasteiger partial charge in [-0.3, -0.25) is 9.59 Å². The summed E-state index contributed by atoms with van der Waals surface area (Å²) >= 11 is 6.03. The molecule has 0 spiro atoms. The van der Waals surface area contributed by atoms with E-state index in [1.807, 2.05) is 29.9 Å². The Morgan fingerprint density at radius 1 is 1.27 bits per heavy atom. The average molecular weight is 427 g/mol. The fourth-order valence-electron chi connectivity index (χ4n) is 3.80. The maximum Gasteiger partial charge on any atom is 0.289 e. The van der Waals surface area contributed by atoms with E-state index in [-0.39, 0.29) is 17.7 Å². The zero-order chi connectivity index (χ0) is 21.1. The summed E-state index contributed by atoms with van der Waals surface area (Å²) in [5.41, 5.74) is 0.890. The molecule has 30 heavy (non-hydrogen) atoms. The van der Waals surface area contributed by atoms with Gasteiger partial charge in [-0.25, -0.2) is 4.98 Å². The molecule has 2 atom stereocenters. The zero-order valence-electron chi connectivity index (χ0n) is 16.6. The van der Waals surface area contributed by atoms with Crippen LogP contribution in [0.2, 0.25) is 5.02 Å². The number of nitrogens with one attached hydrogen (secondary N) is 1. The van der Waals surface area contributed by atoms with Crippen LogP contribution >= 0.6 is 11.6 Å². The summed E-state index contributed by atoms with van der Waals surface area (Å²) in [5, 5.41) is 3.76. The van der Waals surface area contributed by atoms with E-state index >= 15 is 0 Å². The lowest BCUT2D eigenvalue weighted by Gasteiger charge is -2.32. The van der Waals surface area contributed by atoms with Crippen molar-refractivity contribution in [3.8, 4) is 0 Å². The lowest BCUT2D eigenvalue weighted by atomic mass is 9.95. The first-order valence-corrected chi connectivity index (χ1v) is 10.3. The predicted molar refractivity (Wildman–Crippen MR) is 112 cm³/mol. The van der Waals surface area contributed by atoms with Crippen LogP contribution in [-0.2, 0) is 11.8 Å². The van der Waals surface area contributed by atoms with Gasteiger partial charge in [0.25, 0.3) is 5.91 Å². The molecule has 3 aromatic rings. The molecule has 1 aliphatic rings. The van der Waals surface area contributed by atoms with E-state index in [0.29, 0.717) is 23.9 Å². The second-order valence-electron chi connectivity index (χ2n) is 7.46. The quantitative estimate of drug-likeness (QED) is 0.677. The van der Waals surface area contributed by atoms with Gasteiger partial charge in [-0.1, -0.05) is 23.7 Å². The van der Waals surface area contributed by atoms with E-state index in [1.54, 1.807) is 35.4 Å². The summed E-state index contributed by atoms with van der Waals surface area (Å²) in [4.78, 5) is 31.9. The van der Waals surface area contributed by atoms with Gasteiger partial charge >= 0.3 is 0 Å². The molecule has 1 aromatic carbocycles. The van der Waals surface area contributed by atoms with Crippen LogP contribution in [0.15, 0.2) is 59.5 Å². The summed E-state index contributed by atoms with van der Waals surface area (Å²) in [6.07, 6.45) is 6.51. The first-order valence-electron chi connectivity index (χ1n) is 9.89. The molecule has 2 amide bonds. The molecule has 8 heteroatoms. The molecule has 1 aliphatic heterocycles. The lowest BCUT2D eigenvalue weighted by Crippen LogP contribution is -2.46. The van der Waals surface area contributed by atoms with Gasteiger partial charge < -0.3 is 19.2 Å². The van der Waals surface area contributed by atoms with Gasteiger partial charge in [0.05, 0.1) is 12.2 Å². The van der Waals surface area contributed by atoms with Crippen molar-refractivity contribution in [2.45, 2.75) is 18.9 Å². The Morgan fingerprint density at radius 2 is 2.07 bits per heavy atom. The number of carbonyl (C=O) groups excluding carboxylic acids is 2. The zero-order valence-corrected chi connectivity index (χ0v) is 17.4. The van der Waals surface area contributed by atoms with Crippen molar-refractivity contribution >= 4 is 23.4 Å². The van der Waals surface area contributed by atoms with E-state index in [1.165, 1.54) is 6.26 Å². The first-order chi connectivity index (χ1) is 14.5. The Bertz CT molecular complexity index is 1010. The molecule has 0 saturated carbocycles. The molecular formula is C22H23ClN4O3. The maximum atomic E-state index is 13.2. The predicted octanol–water partition coefficient (Wildman–Crippen LogP) is 3.42. The average Bonchev–Trinajstić information content (AvgIpc) is 3.44. The van der Waals surface area contributed by atoms with Gasteiger partial charge in [-0.2, -0.15) is 0 Å². The highest BCUT2D eigenvalue weighted by Crippen LogP contribution is 2.25. The fraction of sp³-hybridized carbons (Fsp3) is 0.318. The molecule has 2 aromatic heterocycles. The number of benzene rings is 1. The smallest absolute Gasteiger partial charge is 0.289 e. The molecule has 1 N–H and O–H groups in total. The molecule has 0 bridgehead atoms. The topological polar surface area (TPSA) is 80.4 Å². The minimum Gasteiger partial charge on any atom is -0.459 e. The van der Waals surface area contributed by atoms with Crippen molar-refractivity contribution in [2.24, 2.45) is 13.0 Å². The second kappa shape index (κ2) is 8.75. The Hall–Kier alpha value is -3.06. The number of piperidine rings is 1. The SMILES string of the molecule is Cn1ccnc1[C@@H](NC(=O)[C@@H]1CCCN(C(=O)c2ccco2)C1)c1ccc(Cl)cc1. The van der Waals surface area contributed by atoms with E-state index < -0.39 is 6.04 Å². The Morgan fingerprint density at radius 3 is 2.73 bits per heavy atom. The van der Waals surface area contributed by atoms with E-state index in [9.17, 15) is 9.59 Å². The van der Waals surface area contributed by atoms with Gasteiger partial charge in [0.1, 0.15) is 11.9 Å². The molecule has 4 rings (SSSR count). The monoisotopic (exact) mass is 426 g/mol. The number of hydrogen-bond donors (Lipinski definition) is 1. The standard InChI is InChI=1S/C22H23ClN4O3/c1-26-12-10-24-20(26)19(15-6-8-17(23)9-7-15)25-21(28)16-4-2-11-27(14-16)22(29)18-5-3-13-30-18/h3,5-10,12-13,16,19H,2,4,11,14H2,1H3,(H,25,28)/t16-,19+/m1/s1. The summed E-state index contributed by atoms with van der Waals surface area (Å²) in [7, 11) is 1.89. The lowest BCUT2D eigenvalue weighted by molar-refractivity contribution is -0.126. The number of aromatic nitrogens is 2. The number of nitrogens with zero attached hydrogens (tertiary/aromatic N) is 3. The van der Waals surface area contributed by atoms with Gasteiger partial charge in [0.2, 0.25) is 5.91 Å². The van der Waals surface area contributed by atoms with Crippen LogP contribution in [0.3, 0.4) is 0 Å². The van der Waals surface area contributed by atoms with Crippen LogP contribution in [0.1, 0.15) is 40.8 Å². The Balaban J connectivity index is 1.51. The number of imidazole rings is 1. The van der Waals surface area contributed by atoms with Gasteiger partial charge in [-0.15, -0.1) is 0 Å². The van der Waals surface area contributed by atoms with Crippen molar-refractivity contribution in [2.75, 3.05) is 13.1 Å². The third kappa shape index (κ3) is 4.26. The fourth-order valence-corrected chi connectivity index (χ4v) is 3.93. The number of carbonyl (C=O) groups is 2. The summed E-state index contributed by atoms with van der Waals surface area (Å²) in [6.45, 7) is 0.975. The van der Waals surface area contributed by atoms with Crippen molar-refractivity contribution in [3.63, 3.8) is 0 Å². The van der Waals surface area contributed by atoms with Crippen LogP contribution in [0, 0.1) is 5.92 Å². The number of furan rings is 1. The van der Waals surface area contributed by atoms with Crippen LogP contribution in [0.4, 0.5) is 0 Å². The van der Waals surface area contributed by atoms with Crippen molar-refractivity contribution in [1.82, 2.24) is 19.8 Å². The number of amides is 2. The van der Waals surface area contributed by atoms with Crippen LogP contribution in [0.25, 0.3) is 0 Å². The summed E-state index contributed by atoms with van der Waals surface area (Å²) in [5.74, 6) is 0.437. The maximum absolute atomic E-state index is 13.2. The third-order valence-corrected chi connectivity index (χ3v) is 5.67. The van der Waals surface area contributed by atoms with E-state index in [4.69, 9.17) is 16.0 Å². The number of aryl methyl sites for hydroxylation is 1. The minimum absolute atomic E-state index is 0.102. The van der Waals surface area contributed by atoms with Crippen molar-refractivity contribution < 1.29 is 14.0 Å². The summed E-state index contributed by atoms with van der Waals surface area (Å²) < 4.78 is 7.11. The molecular weight excluding hydrogens is 404 g/mol. The highest BCUT2D eigenvalue weighted by Gasteiger charge is 2.32. The molecule has 1 saturated heterocycles. The molecule has 1 fully saturated rings. The van der Waals surface area contributed by atoms with Crippen LogP contribution < -0.4 is 5.32 Å². The van der Waals surface area contributed by atoms with Crippen LogP contribution in [-0.4, -0.2) is 39.4 Å². The molecule has 0 radical (unpaired) electrons. The molecule has 0 aliphatic carbocycles. The Labute approximate surface area is 179 Å². The number of likely N-dealkylation sites (tertiary alicyclic amines) is 1. The van der Waals surface area contributed by atoms with Gasteiger partial charge in [-0.05, 0) is 42.7 Å². The molecule has 3 heterocycles. The van der Waals surface area contributed by atoms with Crippen molar-refractivity contribution in [1.29, 1.82) is 0 Å². The van der Waals surface area contributed by atoms with Crippen LogP contribution in [0.5, 0.6) is 0 Å². The highest BCUT2D eigenvalue weighted by atomic mass is 35.5. The minimum atomic E-state index is -0.411.